The van der Waals surface area contributed by atoms with Crippen LogP contribution in [0.15, 0.2) is 20.1 Å². The molecule has 2 rings (SSSR count). The molecule has 0 aliphatic rings. The summed E-state index contributed by atoms with van der Waals surface area (Å²) >= 11 is 28.9. The average Bonchev–Trinajstić information content (AvgIpc) is 3.24. The minimum atomic E-state index is -6.97. The van der Waals surface area contributed by atoms with Crippen LogP contribution in [-0.4, -0.2) is 66.2 Å². The van der Waals surface area contributed by atoms with Gasteiger partial charge in [0.15, 0.2) is 9.54 Å². The van der Waals surface area contributed by atoms with Crippen molar-refractivity contribution in [3.63, 3.8) is 0 Å². The molecule has 0 amide bonds. The Kier molecular flexibility index (Phi) is 16.2. The fourth-order valence-electron chi connectivity index (χ4n) is 4.02. The van der Waals surface area contributed by atoms with Gasteiger partial charge in [-0.05, 0) is 35.3 Å². The summed E-state index contributed by atoms with van der Waals surface area (Å²) in [5.74, 6) is -39.1. The molecule has 0 saturated carbocycles. The fraction of sp³-hybridized carbons (Fsp3) is 0.769. The Hall–Kier alpha value is -1.03. The number of nitrogens with zero attached hydrogens (tertiary/aromatic N) is 4. The Morgan fingerprint density at radius 2 is 0.564 bits per heavy atom. The molecule has 0 bridgehead atoms. The van der Waals surface area contributed by atoms with Crippen molar-refractivity contribution < 1.29 is 95.5 Å². The zero-order valence-electron chi connectivity index (χ0n) is 28.2. The molecule has 0 unspecified atom stereocenters. The van der Waals surface area contributed by atoms with Gasteiger partial charge in [0, 0.05) is 29.6 Å². The number of alkyl halides is 18. The molecule has 0 fully saturated rings. The molecule has 0 spiro atoms. The molecule has 2 aromatic heterocycles. The van der Waals surface area contributed by atoms with Crippen LogP contribution in [0, 0.1) is 20.4 Å². The molecule has 0 aromatic carbocycles. The van der Waals surface area contributed by atoms with Crippen LogP contribution in [0.25, 0.3) is 0 Å². The topological polar surface area (TPSA) is 19.7 Å². The molecule has 55 heavy (non-hydrogen) atoms. The van der Waals surface area contributed by atoms with Crippen molar-refractivity contribution in [3.8, 4) is 0 Å². The molecule has 326 valence electrons. The van der Waals surface area contributed by atoms with Gasteiger partial charge >= 0.3 is 47.9 Å². The predicted molar refractivity (Wildman–Crippen MR) is 170 cm³/mol. The Bertz CT molecular complexity index is 1650. The third-order valence-corrected chi connectivity index (χ3v) is 9.46. The number of imidazole rings is 2. The van der Waals surface area contributed by atoms with E-state index in [1.54, 1.807) is 41.5 Å². The van der Waals surface area contributed by atoms with Gasteiger partial charge in [0.1, 0.15) is 0 Å². The van der Waals surface area contributed by atoms with E-state index in [1.165, 1.54) is 0 Å². The van der Waals surface area contributed by atoms with Crippen molar-refractivity contribution in [2.75, 3.05) is 0 Å². The van der Waals surface area contributed by atoms with E-state index in [4.69, 9.17) is 75.0 Å². The molecule has 0 saturated heterocycles. The van der Waals surface area contributed by atoms with Gasteiger partial charge in [0.2, 0.25) is 0 Å². The number of aromatic nitrogens is 4. The van der Waals surface area contributed by atoms with Gasteiger partial charge in [0.05, 0.1) is 13.1 Å². The zero-order chi connectivity index (χ0) is 43.6. The van der Waals surface area contributed by atoms with Crippen LogP contribution in [0.2, 0.25) is 0 Å². The molecule has 29 heteroatoms. The summed E-state index contributed by atoms with van der Waals surface area (Å²) in [5, 5.41) is -1.84. The second kappa shape index (κ2) is 16.6. The second-order valence-electron chi connectivity index (χ2n) is 14.0. The van der Waals surface area contributed by atoms with Gasteiger partial charge in [-0.15, -0.1) is 20.1 Å². The van der Waals surface area contributed by atoms with E-state index >= 15 is 0 Å². The summed E-state index contributed by atoms with van der Waals surface area (Å²) in [6.45, 7) is 5.71. The first-order valence-electron chi connectivity index (χ1n) is 14.1. The number of hydrogen-bond donors (Lipinski definition) is 0. The van der Waals surface area contributed by atoms with Crippen molar-refractivity contribution in [2.24, 2.45) is 10.8 Å². The maximum atomic E-state index is 13.9. The SMILES string of the molecule is CC(C)(C)Cn1c([S-])c([S-])n(CC(F)(F)C(F)(F)C(F)(F)C(F)(F)F)c1=S.CC(C)(C)Cn1c([S-])c([S-])n(CC(F)(F)C(F)(F)C(F)(F)C(F)(F)F)c1=S.[Ni]. The summed E-state index contributed by atoms with van der Waals surface area (Å²) in [6, 6.07) is 0. The Morgan fingerprint density at radius 1 is 0.382 bits per heavy atom. The minimum Gasteiger partial charge on any atom is -0.762 e. The van der Waals surface area contributed by atoms with Crippen LogP contribution >= 0.6 is 24.4 Å². The monoisotopic (exact) mass is 986 g/mol. The van der Waals surface area contributed by atoms with E-state index in [9.17, 15) is 79.0 Å². The zero-order valence-corrected chi connectivity index (χ0v) is 34.1. The van der Waals surface area contributed by atoms with E-state index in [1.807, 2.05) is 0 Å². The molecule has 0 aliphatic heterocycles. The first-order chi connectivity index (χ1) is 23.3. The summed E-state index contributed by atoms with van der Waals surface area (Å²) < 4.78 is 236. The summed E-state index contributed by atoms with van der Waals surface area (Å²) in [7, 11) is 0. The first-order valence-corrected chi connectivity index (χ1v) is 16.5. The molecular weight excluding hydrogens is 961 g/mol. The molecule has 0 N–H and O–H groups in total. The van der Waals surface area contributed by atoms with Gasteiger partial charge < -0.3 is 68.8 Å². The molecule has 4 nitrogen and oxygen atoms in total. The minimum absolute atomic E-state index is 0. The van der Waals surface area contributed by atoms with E-state index in [0.717, 1.165) is 9.13 Å². The van der Waals surface area contributed by atoms with E-state index in [-0.39, 0.29) is 48.8 Å². The van der Waals surface area contributed by atoms with Gasteiger partial charge in [-0.3, -0.25) is 0 Å². The molecule has 0 aliphatic carbocycles. The van der Waals surface area contributed by atoms with Crippen molar-refractivity contribution in [2.45, 2.75) is 136 Å². The third kappa shape index (κ3) is 10.8. The molecule has 2 heterocycles. The van der Waals surface area contributed by atoms with Crippen LogP contribution in [0.4, 0.5) is 79.0 Å². The first kappa shape index (κ1) is 54.0. The van der Waals surface area contributed by atoms with Crippen molar-refractivity contribution >= 4 is 75.0 Å². The Balaban J connectivity index is 0.00000104. The normalized spacial score (nSPS) is 14.4. The summed E-state index contributed by atoms with van der Waals surface area (Å²) in [6.07, 6.45) is -13.8. The van der Waals surface area contributed by atoms with Crippen molar-refractivity contribution in [1.29, 1.82) is 0 Å². The molecule has 2 aromatic rings. The van der Waals surface area contributed by atoms with Gasteiger partial charge in [-0.25, -0.2) is 0 Å². The maximum Gasteiger partial charge on any atom is 0.460 e. The fourth-order valence-corrected chi connectivity index (χ4v) is 5.92. The van der Waals surface area contributed by atoms with Gasteiger partial charge in [-0.2, -0.15) is 79.0 Å². The summed E-state index contributed by atoms with van der Waals surface area (Å²) in [5.41, 5.74) is -1.01. The van der Waals surface area contributed by atoms with Crippen LogP contribution in [-0.2, 0) is 93.2 Å². The van der Waals surface area contributed by atoms with Crippen LogP contribution in [0.5, 0.6) is 0 Å². The number of hydrogen-bond acceptors (Lipinski definition) is 6. The maximum absolute atomic E-state index is 13.9. The van der Waals surface area contributed by atoms with Crippen LogP contribution in [0.3, 0.4) is 0 Å². The molecule has 0 radical (unpaired) electrons. The number of halogens is 18. The van der Waals surface area contributed by atoms with E-state index in [2.05, 4.69) is 0 Å². The van der Waals surface area contributed by atoms with Crippen LogP contribution in [0.1, 0.15) is 41.5 Å². The van der Waals surface area contributed by atoms with Crippen molar-refractivity contribution in [1.82, 2.24) is 18.3 Å². The standard InChI is InChI=1S/2C13H15F9N2S3.Ni/c2*1-9(2,3)4-23-6(25)7(26)24(8(23)27)5-10(14,15)11(16,17)12(18,19)13(20,21)22;/h2*25-26H,4-5H2,1-3H3;/p-4. The third-order valence-electron chi connectivity index (χ3n) is 6.67. The van der Waals surface area contributed by atoms with E-state index in [0.29, 0.717) is 0 Å². The quantitative estimate of drug-likeness (QED) is 0.102. The number of rotatable bonds is 10. The Labute approximate surface area is 343 Å². The average molecular weight is 988 g/mol. The predicted octanol–water partition coefficient (Wildman–Crippen LogP) is 10.7. The Morgan fingerprint density at radius 3 is 0.727 bits per heavy atom. The van der Waals surface area contributed by atoms with E-state index < -0.39 is 91.4 Å². The largest absolute Gasteiger partial charge is 0.762 e. The van der Waals surface area contributed by atoms with Gasteiger partial charge in [0.25, 0.3) is 0 Å². The van der Waals surface area contributed by atoms with Crippen molar-refractivity contribution in [3.05, 3.63) is 9.54 Å². The smallest absolute Gasteiger partial charge is 0.460 e. The van der Waals surface area contributed by atoms with Crippen LogP contribution < -0.4 is 0 Å². The second-order valence-corrected chi connectivity index (χ2v) is 16.2. The molecular formula is C26H26F18N4NiS6-4. The molecule has 0 atom stereocenters. The summed E-state index contributed by atoms with van der Waals surface area (Å²) in [4.78, 5) is 0. The van der Waals surface area contributed by atoms with Gasteiger partial charge in [-0.1, -0.05) is 41.5 Å².